The molecule has 0 aliphatic rings. The number of benzene rings is 2. The maximum Gasteiger partial charge on any atom is 0.272 e. The average molecular weight is 292 g/mol. The maximum atomic E-state index is 11.0. The molecule has 0 spiro atoms. The summed E-state index contributed by atoms with van der Waals surface area (Å²) in [5.41, 5.74) is 0.812. The molecule has 102 valence electrons. The number of carbonyl (C=O) groups excluding carboxylic acids is 1. The highest BCUT2D eigenvalue weighted by Crippen LogP contribution is 2.29. The van der Waals surface area contributed by atoms with E-state index in [9.17, 15) is 14.9 Å². The van der Waals surface area contributed by atoms with Gasteiger partial charge < -0.3 is 4.74 Å². The second-order valence-electron chi connectivity index (χ2n) is 4.11. The van der Waals surface area contributed by atoms with E-state index in [1.807, 2.05) is 0 Å². The van der Waals surface area contributed by atoms with Gasteiger partial charge in [0.05, 0.1) is 10.5 Å². The fourth-order valence-electron chi connectivity index (χ4n) is 1.73. The molecule has 0 saturated heterocycles. The van der Waals surface area contributed by atoms with Crippen molar-refractivity contribution in [2.75, 3.05) is 0 Å². The van der Waals surface area contributed by atoms with Crippen LogP contribution in [0.3, 0.4) is 0 Å². The zero-order chi connectivity index (χ0) is 14.7. The van der Waals surface area contributed by atoms with Gasteiger partial charge in [0.2, 0.25) is 0 Å². The van der Waals surface area contributed by atoms with Gasteiger partial charge in [-0.3, -0.25) is 14.9 Å². The van der Waals surface area contributed by atoms with E-state index in [1.54, 1.807) is 25.1 Å². The van der Waals surface area contributed by atoms with E-state index in [2.05, 4.69) is 0 Å². The molecular weight excluding hydrogens is 282 g/mol. The molecule has 0 bridgehead atoms. The molecule has 0 fully saturated rings. The molecule has 0 atom stereocenters. The zero-order valence-electron chi connectivity index (χ0n) is 10.5. The molecule has 0 saturated carbocycles. The van der Waals surface area contributed by atoms with E-state index in [-0.39, 0.29) is 5.69 Å². The van der Waals surface area contributed by atoms with E-state index in [0.717, 1.165) is 0 Å². The lowest BCUT2D eigenvalue weighted by molar-refractivity contribution is -0.385. The molecular formula is C14H10ClNO4. The van der Waals surface area contributed by atoms with Crippen molar-refractivity contribution in [1.82, 2.24) is 0 Å². The lowest BCUT2D eigenvalue weighted by Gasteiger charge is -2.09. The zero-order valence-corrected chi connectivity index (χ0v) is 11.3. The number of aldehydes is 1. The maximum absolute atomic E-state index is 11.0. The smallest absolute Gasteiger partial charge is 0.272 e. The Morgan fingerprint density at radius 2 is 2.00 bits per heavy atom. The molecule has 5 nitrogen and oxygen atoms in total. The molecule has 6 heteroatoms. The van der Waals surface area contributed by atoms with E-state index in [1.165, 1.54) is 18.2 Å². The molecule has 2 aromatic carbocycles. The van der Waals surface area contributed by atoms with Crippen molar-refractivity contribution in [3.63, 3.8) is 0 Å². The first-order valence-corrected chi connectivity index (χ1v) is 6.06. The van der Waals surface area contributed by atoms with Crippen LogP contribution >= 0.6 is 11.6 Å². The van der Waals surface area contributed by atoms with Gasteiger partial charge in [0, 0.05) is 16.7 Å². The first-order chi connectivity index (χ1) is 9.51. The minimum atomic E-state index is -0.460. The predicted molar refractivity (Wildman–Crippen MR) is 74.7 cm³/mol. The van der Waals surface area contributed by atoms with E-state index in [0.29, 0.717) is 33.9 Å². The first-order valence-electron chi connectivity index (χ1n) is 5.69. The number of carbonyl (C=O) groups is 1. The van der Waals surface area contributed by atoms with E-state index >= 15 is 0 Å². The summed E-state index contributed by atoms with van der Waals surface area (Å²) < 4.78 is 5.56. The topological polar surface area (TPSA) is 69.4 Å². The molecule has 2 aromatic rings. The molecule has 2 rings (SSSR count). The van der Waals surface area contributed by atoms with Crippen LogP contribution in [0.15, 0.2) is 36.4 Å². The average Bonchev–Trinajstić information content (AvgIpc) is 2.40. The number of aryl methyl sites for hydroxylation is 1. The summed E-state index contributed by atoms with van der Waals surface area (Å²) >= 11 is 5.79. The molecule has 0 unspecified atom stereocenters. The van der Waals surface area contributed by atoms with Gasteiger partial charge in [-0.05, 0) is 37.3 Å². The van der Waals surface area contributed by atoms with Crippen LogP contribution in [0, 0.1) is 17.0 Å². The molecule has 0 N–H and O–H groups in total. The van der Waals surface area contributed by atoms with Crippen molar-refractivity contribution in [1.29, 1.82) is 0 Å². The van der Waals surface area contributed by atoms with Crippen LogP contribution in [0.25, 0.3) is 0 Å². The molecule has 0 aliphatic heterocycles. The van der Waals surface area contributed by atoms with Crippen molar-refractivity contribution in [2.24, 2.45) is 0 Å². The fourth-order valence-corrected chi connectivity index (χ4v) is 1.91. The number of hydrogen-bond donors (Lipinski definition) is 0. The Morgan fingerprint density at radius 1 is 1.25 bits per heavy atom. The van der Waals surface area contributed by atoms with Crippen molar-refractivity contribution in [3.8, 4) is 11.5 Å². The third kappa shape index (κ3) is 2.95. The minimum absolute atomic E-state index is 0.0177. The Bertz CT molecular complexity index is 685. The largest absolute Gasteiger partial charge is 0.457 e. The third-order valence-corrected chi connectivity index (χ3v) is 2.93. The van der Waals surface area contributed by atoms with E-state index in [4.69, 9.17) is 16.3 Å². The summed E-state index contributed by atoms with van der Waals surface area (Å²) in [5, 5.41) is 11.2. The number of hydrogen-bond acceptors (Lipinski definition) is 4. The van der Waals surface area contributed by atoms with Crippen LogP contribution in [0.5, 0.6) is 11.5 Å². The Morgan fingerprint density at radius 3 is 2.60 bits per heavy atom. The Hall–Kier alpha value is -2.40. The fraction of sp³-hybridized carbons (Fsp3) is 0.0714. The number of rotatable bonds is 4. The molecule has 0 heterocycles. The highest BCUT2D eigenvalue weighted by Gasteiger charge is 2.12. The van der Waals surface area contributed by atoms with Crippen LogP contribution in [0.4, 0.5) is 5.69 Å². The molecule has 0 aromatic heterocycles. The van der Waals surface area contributed by atoms with Gasteiger partial charge in [0.25, 0.3) is 5.69 Å². The van der Waals surface area contributed by atoms with Crippen molar-refractivity contribution in [2.45, 2.75) is 6.92 Å². The molecule has 0 amide bonds. The second kappa shape index (κ2) is 5.71. The van der Waals surface area contributed by atoms with Crippen LogP contribution in [-0.4, -0.2) is 11.2 Å². The van der Waals surface area contributed by atoms with Gasteiger partial charge >= 0.3 is 0 Å². The normalized spacial score (nSPS) is 10.1. The number of halogens is 1. The van der Waals surface area contributed by atoms with Crippen molar-refractivity contribution in [3.05, 3.63) is 62.7 Å². The Labute approximate surface area is 119 Å². The van der Waals surface area contributed by atoms with Gasteiger partial charge in [0.15, 0.2) is 6.29 Å². The number of nitro groups is 1. The predicted octanol–water partition coefficient (Wildman–Crippen LogP) is 4.16. The summed E-state index contributed by atoms with van der Waals surface area (Å²) in [4.78, 5) is 21.2. The summed E-state index contributed by atoms with van der Waals surface area (Å²) in [5.74, 6) is 0.760. The van der Waals surface area contributed by atoms with Crippen LogP contribution < -0.4 is 4.74 Å². The first kappa shape index (κ1) is 14.0. The van der Waals surface area contributed by atoms with Gasteiger partial charge in [-0.15, -0.1) is 0 Å². The highest BCUT2D eigenvalue weighted by molar-refractivity contribution is 6.30. The van der Waals surface area contributed by atoms with Gasteiger partial charge in [-0.1, -0.05) is 11.6 Å². The van der Waals surface area contributed by atoms with Gasteiger partial charge in [-0.25, -0.2) is 0 Å². The Kier molecular flexibility index (Phi) is 4.00. The lowest BCUT2D eigenvalue weighted by Crippen LogP contribution is -1.94. The van der Waals surface area contributed by atoms with Crippen LogP contribution in [0.1, 0.15) is 15.9 Å². The van der Waals surface area contributed by atoms with Crippen molar-refractivity contribution >= 4 is 23.6 Å². The third-order valence-electron chi connectivity index (χ3n) is 2.69. The molecule has 0 aliphatic carbocycles. The summed E-state index contributed by atoms with van der Waals surface area (Å²) in [6.07, 6.45) is 0.638. The summed E-state index contributed by atoms with van der Waals surface area (Å²) in [7, 11) is 0. The summed E-state index contributed by atoms with van der Waals surface area (Å²) in [6, 6.07) is 9.05. The second-order valence-corrected chi connectivity index (χ2v) is 4.54. The number of ether oxygens (including phenoxy) is 1. The van der Waals surface area contributed by atoms with Gasteiger partial charge in [0.1, 0.15) is 11.5 Å². The SMILES string of the molecule is Cc1cc(Oc2ccc(Cl)cc2C=O)ccc1[N+](=O)[O-]. The minimum Gasteiger partial charge on any atom is -0.457 e. The molecule has 0 radical (unpaired) electrons. The Balaban J connectivity index is 2.33. The standard InChI is InChI=1S/C14H10ClNO4/c1-9-6-12(3-4-13(9)16(18)19)20-14-5-2-11(15)7-10(14)8-17/h2-8H,1H3. The highest BCUT2D eigenvalue weighted by atomic mass is 35.5. The summed E-state index contributed by atoms with van der Waals surface area (Å²) in [6.45, 7) is 1.62. The lowest BCUT2D eigenvalue weighted by atomic mass is 10.2. The van der Waals surface area contributed by atoms with Crippen LogP contribution in [0.2, 0.25) is 5.02 Å². The number of nitro benzene ring substituents is 1. The van der Waals surface area contributed by atoms with Gasteiger partial charge in [-0.2, -0.15) is 0 Å². The van der Waals surface area contributed by atoms with E-state index < -0.39 is 4.92 Å². The number of nitrogens with zero attached hydrogens (tertiary/aromatic N) is 1. The quantitative estimate of drug-likeness (QED) is 0.482. The van der Waals surface area contributed by atoms with Crippen molar-refractivity contribution < 1.29 is 14.5 Å². The monoisotopic (exact) mass is 291 g/mol. The molecule has 20 heavy (non-hydrogen) atoms. The van der Waals surface area contributed by atoms with Crippen LogP contribution in [-0.2, 0) is 0 Å².